The number of aromatic carboxylic acids is 1. The van der Waals surface area contributed by atoms with Gasteiger partial charge in [0.1, 0.15) is 11.5 Å². The molecule has 0 radical (unpaired) electrons. The van der Waals surface area contributed by atoms with Gasteiger partial charge in [-0.3, -0.25) is 0 Å². The summed E-state index contributed by atoms with van der Waals surface area (Å²) in [6.07, 6.45) is 3.30. The van der Waals surface area contributed by atoms with Crippen LogP contribution in [0.1, 0.15) is 16.1 Å². The van der Waals surface area contributed by atoms with Crippen LogP contribution in [0.3, 0.4) is 0 Å². The molecule has 0 fully saturated rings. The zero-order chi connectivity index (χ0) is 14.1. The second-order valence-corrected chi connectivity index (χ2v) is 4.47. The number of fused-ring (bicyclic) bond motifs is 1. The molecule has 0 aliphatic carbocycles. The average molecular weight is 270 g/mol. The summed E-state index contributed by atoms with van der Waals surface area (Å²) in [4.78, 5) is 14.8. The zero-order valence-electron chi connectivity index (χ0n) is 10.5. The largest absolute Gasteiger partial charge is 0.477 e. The molecule has 2 aromatic heterocycles. The minimum Gasteiger partial charge on any atom is -0.477 e. The van der Waals surface area contributed by atoms with Crippen molar-refractivity contribution in [1.29, 1.82) is 0 Å². The van der Waals surface area contributed by atoms with Crippen molar-refractivity contribution in [1.82, 2.24) is 9.55 Å². The number of benzene rings is 1. The third-order valence-corrected chi connectivity index (χ3v) is 3.18. The summed E-state index contributed by atoms with van der Waals surface area (Å²) in [6, 6.07) is 9.88. The van der Waals surface area contributed by atoms with Gasteiger partial charge in [-0.15, -0.1) is 0 Å². The Balaban J connectivity index is 2.01. The van der Waals surface area contributed by atoms with Crippen LogP contribution in [0.15, 0.2) is 48.8 Å². The van der Waals surface area contributed by atoms with E-state index >= 15 is 0 Å². The van der Waals surface area contributed by atoms with Gasteiger partial charge in [0.2, 0.25) is 0 Å². The number of hydrogen-bond donors (Lipinski definition) is 1. The van der Waals surface area contributed by atoms with E-state index in [9.17, 15) is 9.18 Å². The Morgan fingerprint density at radius 2 is 2.10 bits per heavy atom. The summed E-state index contributed by atoms with van der Waals surface area (Å²) in [5, 5.41) is 9.68. The van der Waals surface area contributed by atoms with Gasteiger partial charge in [0, 0.05) is 17.1 Å². The molecule has 100 valence electrons. The summed E-state index contributed by atoms with van der Waals surface area (Å²) >= 11 is 0. The molecule has 0 aliphatic heterocycles. The smallest absolute Gasteiger partial charge is 0.354 e. The molecular weight excluding hydrogens is 259 g/mol. The number of pyridine rings is 1. The Hall–Kier alpha value is -2.69. The van der Waals surface area contributed by atoms with Crippen molar-refractivity contribution in [2.24, 2.45) is 0 Å². The molecule has 0 aliphatic rings. The first kappa shape index (κ1) is 12.3. The number of rotatable bonds is 3. The number of carboxylic acid groups (broad SMARTS) is 1. The minimum absolute atomic E-state index is 0.00106. The molecule has 3 aromatic rings. The molecule has 20 heavy (non-hydrogen) atoms. The van der Waals surface area contributed by atoms with E-state index in [0.29, 0.717) is 12.1 Å². The van der Waals surface area contributed by atoms with Gasteiger partial charge in [-0.25, -0.2) is 14.2 Å². The lowest BCUT2D eigenvalue weighted by Gasteiger charge is -2.06. The molecule has 0 saturated carbocycles. The highest BCUT2D eigenvalue weighted by molar-refractivity contribution is 5.91. The van der Waals surface area contributed by atoms with Crippen LogP contribution in [0.25, 0.3) is 10.9 Å². The minimum atomic E-state index is -1.06. The molecule has 0 atom stereocenters. The van der Waals surface area contributed by atoms with Gasteiger partial charge in [0.25, 0.3) is 0 Å². The van der Waals surface area contributed by atoms with Crippen LogP contribution in [-0.2, 0) is 6.54 Å². The van der Waals surface area contributed by atoms with Gasteiger partial charge in [-0.1, -0.05) is 18.2 Å². The van der Waals surface area contributed by atoms with E-state index < -0.39 is 5.97 Å². The van der Waals surface area contributed by atoms with Crippen molar-refractivity contribution >= 4 is 16.9 Å². The highest BCUT2D eigenvalue weighted by atomic mass is 19.1. The van der Waals surface area contributed by atoms with Crippen LogP contribution in [0.5, 0.6) is 0 Å². The fraction of sp³-hybridized carbons (Fsp3) is 0.0667. The SMILES string of the molecule is O=C(O)c1cc2ccn(Cc3ccccc3F)c2cn1. The van der Waals surface area contributed by atoms with E-state index in [0.717, 1.165) is 10.9 Å². The standard InChI is InChI=1S/C15H11FN2O2/c16-12-4-2-1-3-11(12)9-18-6-5-10-7-13(15(19)20)17-8-14(10)18/h1-8H,9H2,(H,19,20). The van der Waals surface area contributed by atoms with Crippen LogP contribution in [0.2, 0.25) is 0 Å². The quantitative estimate of drug-likeness (QED) is 0.796. The van der Waals surface area contributed by atoms with Gasteiger partial charge in [0.05, 0.1) is 18.3 Å². The Morgan fingerprint density at radius 1 is 1.30 bits per heavy atom. The molecular formula is C15H11FN2O2. The highest BCUT2D eigenvalue weighted by Crippen LogP contribution is 2.18. The lowest BCUT2D eigenvalue weighted by Crippen LogP contribution is -2.02. The van der Waals surface area contributed by atoms with Gasteiger partial charge in [-0.2, -0.15) is 0 Å². The second kappa shape index (κ2) is 4.77. The maximum Gasteiger partial charge on any atom is 0.354 e. The van der Waals surface area contributed by atoms with Crippen LogP contribution >= 0.6 is 0 Å². The molecule has 0 amide bonds. The van der Waals surface area contributed by atoms with Crippen molar-refractivity contribution in [3.63, 3.8) is 0 Å². The molecule has 1 aromatic carbocycles. The highest BCUT2D eigenvalue weighted by Gasteiger charge is 2.09. The molecule has 4 nitrogen and oxygen atoms in total. The second-order valence-electron chi connectivity index (χ2n) is 4.47. The monoisotopic (exact) mass is 270 g/mol. The van der Waals surface area contributed by atoms with Crippen LogP contribution in [0.4, 0.5) is 4.39 Å². The molecule has 0 spiro atoms. The van der Waals surface area contributed by atoms with Crippen molar-refractivity contribution in [2.45, 2.75) is 6.54 Å². The Bertz CT molecular complexity index is 795. The van der Waals surface area contributed by atoms with Crippen LogP contribution in [-0.4, -0.2) is 20.6 Å². The molecule has 1 N–H and O–H groups in total. The Labute approximate surface area is 114 Å². The molecule has 0 unspecified atom stereocenters. The summed E-state index contributed by atoms with van der Waals surface area (Å²) in [6.45, 7) is 0.379. The molecule has 5 heteroatoms. The summed E-state index contributed by atoms with van der Waals surface area (Å²) < 4.78 is 15.5. The van der Waals surface area contributed by atoms with Crippen LogP contribution in [0, 0.1) is 5.82 Å². The third-order valence-electron chi connectivity index (χ3n) is 3.18. The third kappa shape index (κ3) is 2.14. The van der Waals surface area contributed by atoms with Gasteiger partial charge >= 0.3 is 5.97 Å². The first-order chi connectivity index (χ1) is 9.65. The van der Waals surface area contributed by atoms with Gasteiger partial charge in [-0.05, 0) is 18.2 Å². The molecule has 0 bridgehead atoms. The number of carboxylic acids is 1. The zero-order valence-corrected chi connectivity index (χ0v) is 10.5. The maximum atomic E-state index is 13.6. The topological polar surface area (TPSA) is 55.1 Å². The van der Waals surface area contributed by atoms with E-state index in [2.05, 4.69) is 4.98 Å². The Kier molecular flexibility index (Phi) is 2.95. The van der Waals surface area contributed by atoms with E-state index in [-0.39, 0.29) is 11.5 Å². The molecule has 3 rings (SSSR count). The van der Waals surface area contributed by atoms with Crippen molar-refractivity contribution in [3.8, 4) is 0 Å². The van der Waals surface area contributed by atoms with Crippen LogP contribution < -0.4 is 0 Å². The predicted molar refractivity (Wildman–Crippen MR) is 72.2 cm³/mol. The lowest BCUT2D eigenvalue weighted by molar-refractivity contribution is 0.0690. The first-order valence-electron chi connectivity index (χ1n) is 6.07. The summed E-state index contributed by atoms with van der Waals surface area (Å²) in [7, 11) is 0. The number of halogens is 1. The predicted octanol–water partition coefficient (Wildman–Crippen LogP) is 2.92. The van der Waals surface area contributed by atoms with E-state index in [4.69, 9.17) is 5.11 Å². The van der Waals surface area contributed by atoms with Crippen molar-refractivity contribution < 1.29 is 14.3 Å². The van der Waals surface area contributed by atoms with E-state index in [1.54, 1.807) is 30.5 Å². The average Bonchev–Trinajstić information content (AvgIpc) is 2.84. The van der Waals surface area contributed by atoms with Crippen molar-refractivity contribution in [3.05, 3.63) is 65.9 Å². The van der Waals surface area contributed by atoms with E-state index in [1.807, 2.05) is 4.57 Å². The van der Waals surface area contributed by atoms with Gasteiger partial charge in [0.15, 0.2) is 0 Å². The van der Waals surface area contributed by atoms with Gasteiger partial charge < -0.3 is 9.67 Å². The number of carbonyl (C=O) groups is 1. The lowest BCUT2D eigenvalue weighted by atomic mass is 10.2. The van der Waals surface area contributed by atoms with E-state index in [1.165, 1.54) is 18.3 Å². The first-order valence-corrected chi connectivity index (χ1v) is 6.07. The number of nitrogens with zero attached hydrogens (tertiary/aromatic N) is 2. The number of hydrogen-bond acceptors (Lipinski definition) is 2. The normalized spacial score (nSPS) is 10.8. The fourth-order valence-corrected chi connectivity index (χ4v) is 2.15. The van der Waals surface area contributed by atoms with Crippen molar-refractivity contribution in [2.75, 3.05) is 0 Å². The molecule has 2 heterocycles. The summed E-state index contributed by atoms with van der Waals surface area (Å²) in [5.74, 6) is -1.32. The maximum absolute atomic E-state index is 13.6. The molecule has 0 saturated heterocycles. The fourth-order valence-electron chi connectivity index (χ4n) is 2.15. The summed E-state index contributed by atoms with van der Waals surface area (Å²) in [5.41, 5.74) is 1.35. The number of aromatic nitrogens is 2. The Morgan fingerprint density at radius 3 is 2.85 bits per heavy atom.